The Morgan fingerprint density at radius 1 is 1.22 bits per heavy atom. The molecule has 1 rings (SSSR count). The fourth-order valence-corrected chi connectivity index (χ4v) is 3.07. The highest BCUT2D eigenvalue weighted by Gasteiger charge is 2.26. The predicted octanol–water partition coefficient (Wildman–Crippen LogP) is 2.55. The molecule has 0 aromatic rings. The van der Waals surface area contributed by atoms with Crippen LogP contribution in [0.25, 0.3) is 0 Å². The lowest BCUT2D eigenvalue weighted by Gasteiger charge is -2.29. The van der Waals surface area contributed by atoms with Crippen molar-refractivity contribution in [1.29, 1.82) is 0 Å². The van der Waals surface area contributed by atoms with Crippen molar-refractivity contribution in [2.45, 2.75) is 59.4 Å². The smallest absolute Gasteiger partial charge is 0.223 e. The molecule has 0 saturated heterocycles. The molecule has 0 radical (unpaired) electrons. The minimum Gasteiger partial charge on any atom is -0.356 e. The van der Waals surface area contributed by atoms with Crippen molar-refractivity contribution in [2.75, 3.05) is 6.54 Å². The van der Waals surface area contributed by atoms with E-state index in [0.717, 1.165) is 32.2 Å². The van der Waals surface area contributed by atoms with E-state index in [1.54, 1.807) is 0 Å². The molecule has 1 aliphatic rings. The van der Waals surface area contributed by atoms with E-state index in [1.165, 1.54) is 0 Å². The highest BCUT2D eigenvalue weighted by molar-refractivity contribution is 5.78. The summed E-state index contributed by atoms with van der Waals surface area (Å²) in [6.07, 6.45) is 4.04. The van der Waals surface area contributed by atoms with Crippen LogP contribution >= 0.6 is 0 Å². The Balaban J connectivity index is 2.39. The third-order valence-electron chi connectivity index (χ3n) is 4.31. The van der Waals surface area contributed by atoms with Crippen LogP contribution in [0.2, 0.25) is 0 Å². The Kier molecular flexibility index (Phi) is 6.13. The summed E-state index contributed by atoms with van der Waals surface area (Å²) >= 11 is 0. The molecule has 1 saturated carbocycles. The van der Waals surface area contributed by atoms with Gasteiger partial charge in [0.2, 0.25) is 5.91 Å². The summed E-state index contributed by atoms with van der Waals surface area (Å²) in [4.78, 5) is 12.1. The van der Waals surface area contributed by atoms with Gasteiger partial charge in [-0.25, -0.2) is 0 Å². The van der Waals surface area contributed by atoms with Crippen molar-refractivity contribution in [2.24, 2.45) is 29.4 Å². The minimum absolute atomic E-state index is 0.147. The molecule has 18 heavy (non-hydrogen) atoms. The predicted molar refractivity (Wildman–Crippen MR) is 76.1 cm³/mol. The largest absolute Gasteiger partial charge is 0.356 e. The number of hydrogen-bond donors (Lipinski definition) is 2. The molecule has 0 aromatic heterocycles. The molecule has 2 unspecified atom stereocenters. The first kappa shape index (κ1) is 15.5. The summed E-state index contributed by atoms with van der Waals surface area (Å²) in [5.74, 6) is 2.15. The first-order valence-corrected chi connectivity index (χ1v) is 7.45. The van der Waals surface area contributed by atoms with Crippen molar-refractivity contribution in [3.63, 3.8) is 0 Å². The van der Waals surface area contributed by atoms with E-state index in [0.29, 0.717) is 17.8 Å². The van der Waals surface area contributed by atoms with E-state index in [1.807, 2.05) is 0 Å². The zero-order chi connectivity index (χ0) is 13.7. The first-order valence-electron chi connectivity index (χ1n) is 7.45. The Morgan fingerprint density at radius 3 is 2.33 bits per heavy atom. The van der Waals surface area contributed by atoms with Gasteiger partial charge in [0.05, 0.1) is 0 Å². The molecule has 0 aromatic carbocycles. The van der Waals surface area contributed by atoms with Crippen LogP contribution in [-0.4, -0.2) is 18.5 Å². The lowest BCUT2D eigenvalue weighted by atomic mass is 9.84. The molecular formula is C15H30N2O. The topological polar surface area (TPSA) is 55.1 Å². The van der Waals surface area contributed by atoms with Gasteiger partial charge in [-0.15, -0.1) is 0 Å². The van der Waals surface area contributed by atoms with Crippen LogP contribution in [0.5, 0.6) is 0 Å². The van der Waals surface area contributed by atoms with Crippen molar-refractivity contribution in [3.05, 3.63) is 0 Å². The molecule has 1 fully saturated rings. The number of nitrogens with one attached hydrogen (secondary N) is 1. The number of nitrogens with two attached hydrogens (primary N) is 1. The van der Waals surface area contributed by atoms with E-state index in [4.69, 9.17) is 5.73 Å². The standard InChI is InChI=1S/C15H30N2O/c1-10(2)14(11(3)4)9-17-15(18)12-6-5-7-13(16)8-12/h10-14H,5-9,16H2,1-4H3,(H,17,18). The van der Waals surface area contributed by atoms with Crippen LogP contribution in [0, 0.1) is 23.7 Å². The maximum absolute atomic E-state index is 12.1. The fraction of sp³-hybridized carbons (Fsp3) is 0.933. The van der Waals surface area contributed by atoms with E-state index in [2.05, 4.69) is 33.0 Å². The zero-order valence-electron chi connectivity index (χ0n) is 12.4. The van der Waals surface area contributed by atoms with Gasteiger partial charge in [-0.1, -0.05) is 34.1 Å². The quantitative estimate of drug-likeness (QED) is 0.792. The van der Waals surface area contributed by atoms with Crippen molar-refractivity contribution in [3.8, 4) is 0 Å². The molecule has 3 nitrogen and oxygen atoms in total. The van der Waals surface area contributed by atoms with Crippen LogP contribution in [0.3, 0.4) is 0 Å². The third-order valence-corrected chi connectivity index (χ3v) is 4.31. The number of amides is 1. The molecule has 0 bridgehead atoms. The van der Waals surface area contributed by atoms with Crippen LogP contribution in [0.4, 0.5) is 0 Å². The second kappa shape index (κ2) is 7.13. The Labute approximate surface area is 112 Å². The highest BCUT2D eigenvalue weighted by atomic mass is 16.1. The molecule has 1 aliphatic carbocycles. The fourth-order valence-electron chi connectivity index (χ4n) is 3.07. The van der Waals surface area contributed by atoms with Gasteiger partial charge in [0, 0.05) is 18.5 Å². The van der Waals surface area contributed by atoms with E-state index < -0.39 is 0 Å². The summed E-state index contributed by atoms with van der Waals surface area (Å²) < 4.78 is 0. The minimum atomic E-state index is 0.147. The van der Waals surface area contributed by atoms with E-state index >= 15 is 0 Å². The second-order valence-electron chi connectivity index (χ2n) is 6.52. The van der Waals surface area contributed by atoms with Crippen LogP contribution in [0.1, 0.15) is 53.4 Å². The number of hydrogen-bond acceptors (Lipinski definition) is 2. The van der Waals surface area contributed by atoms with Gasteiger partial charge in [-0.3, -0.25) is 4.79 Å². The molecule has 3 N–H and O–H groups in total. The second-order valence-corrected chi connectivity index (χ2v) is 6.52. The Bertz CT molecular complexity index is 255. The third kappa shape index (κ3) is 4.60. The summed E-state index contributed by atoms with van der Waals surface area (Å²) in [5, 5.41) is 3.14. The number of rotatable bonds is 5. The van der Waals surface area contributed by atoms with Gasteiger partial charge in [-0.2, -0.15) is 0 Å². The highest BCUT2D eigenvalue weighted by Crippen LogP contribution is 2.24. The van der Waals surface area contributed by atoms with Gasteiger partial charge in [0.25, 0.3) is 0 Å². The maximum atomic E-state index is 12.1. The molecule has 1 amide bonds. The summed E-state index contributed by atoms with van der Waals surface area (Å²) in [6.45, 7) is 9.72. The van der Waals surface area contributed by atoms with Gasteiger partial charge in [0.1, 0.15) is 0 Å². The summed E-state index contributed by atoms with van der Waals surface area (Å²) in [6, 6.07) is 0.223. The lowest BCUT2D eigenvalue weighted by molar-refractivity contribution is -0.126. The normalized spacial score (nSPS) is 24.9. The molecule has 3 heteroatoms. The Morgan fingerprint density at radius 2 is 1.83 bits per heavy atom. The first-order chi connectivity index (χ1) is 8.41. The molecule has 0 heterocycles. The van der Waals surface area contributed by atoms with E-state index in [-0.39, 0.29) is 17.9 Å². The Hall–Kier alpha value is -0.570. The molecular weight excluding hydrogens is 224 g/mol. The molecule has 0 spiro atoms. The summed E-state index contributed by atoms with van der Waals surface area (Å²) in [7, 11) is 0. The van der Waals surface area contributed by atoms with Crippen LogP contribution in [0.15, 0.2) is 0 Å². The molecule has 2 atom stereocenters. The van der Waals surface area contributed by atoms with Gasteiger partial charge in [0.15, 0.2) is 0 Å². The SMILES string of the molecule is CC(C)C(CNC(=O)C1CCCC(N)C1)C(C)C. The van der Waals surface area contributed by atoms with Gasteiger partial charge >= 0.3 is 0 Å². The molecule has 106 valence electrons. The number of carbonyl (C=O) groups excluding carboxylic acids is 1. The molecule has 0 aliphatic heterocycles. The van der Waals surface area contributed by atoms with Crippen molar-refractivity contribution >= 4 is 5.91 Å². The van der Waals surface area contributed by atoms with Crippen molar-refractivity contribution in [1.82, 2.24) is 5.32 Å². The zero-order valence-corrected chi connectivity index (χ0v) is 12.4. The average Bonchev–Trinajstić information content (AvgIpc) is 2.28. The van der Waals surface area contributed by atoms with Crippen LogP contribution in [-0.2, 0) is 4.79 Å². The maximum Gasteiger partial charge on any atom is 0.223 e. The number of carbonyl (C=O) groups is 1. The van der Waals surface area contributed by atoms with E-state index in [9.17, 15) is 4.79 Å². The average molecular weight is 254 g/mol. The van der Waals surface area contributed by atoms with Crippen LogP contribution < -0.4 is 11.1 Å². The van der Waals surface area contributed by atoms with Gasteiger partial charge in [-0.05, 0) is 37.0 Å². The monoisotopic (exact) mass is 254 g/mol. The lowest BCUT2D eigenvalue weighted by Crippen LogP contribution is -2.41. The van der Waals surface area contributed by atoms with Crippen molar-refractivity contribution < 1.29 is 4.79 Å². The van der Waals surface area contributed by atoms with Gasteiger partial charge < -0.3 is 11.1 Å². The summed E-state index contributed by atoms with van der Waals surface area (Å²) in [5.41, 5.74) is 5.94.